The molecule has 1 aromatic carbocycles. The van der Waals surface area contributed by atoms with Crippen LogP contribution in [0.3, 0.4) is 0 Å². The first-order valence-corrected chi connectivity index (χ1v) is 8.66. The Morgan fingerprint density at radius 2 is 1.74 bits per heavy atom. The molecule has 1 aromatic rings. The van der Waals surface area contributed by atoms with E-state index in [0.29, 0.717) is 40.7 Å². The summed E-state index contributed by atoms with van der Waals surface area (Å²) in [7, 11) is 4.33. The summed E-state index contributed by atoms with van der Waals surface area (Å²) >= 11 is 0. The normalized spacial score (nSPS) is 16.6. The molecule has 8 heteroatoms. The van der Waals surface area contributed by atoms with E-state index < -0.39 is 18.0 Å². The van der Waals surface area contributed by atoms with Gasteiger partial charge in [0.1, 0.15) is 0 Å². The molecule has 0 aliphatic carbocycles. The van der Waals surface area contributed by atoms with Crippen LogP contribution in [0, 0.1) is 5.92 Å². The standard InChI is InChI=1S/C19H26N2O6/c1-7-27-17-12(24-4)8-11(9-13(17)25-5)16-14(18(22)26-6)15(10(2)3)20-19(23)21-16/h8-10,16H,7H2,1-6H3,(H2,20,21,23). The molecule has 0 bridgehead atoms. The Balaban J connectivity index is 2.67. The van der Waals surface area contributed by atoms with E-state index in [1.54, 1.807) is 12.1 Å². The third-order valence-corrected chi connectivity index (χ3v) is 4.19. The van der Waals surface area contributed by atoms with Crippen LogP contribution in [0.1, 0.15) is 32.4 Å². The van der Waals surface area contributed by atoms with Gasteiger partial charge in [0.05, 0.1) is 39.6 Å². The number of benzene rings is 1. The van der Waals surface area contributed by atoms with Crippen LogP contribution in [-0.4, -0.2) is 39.9 Å². The topological polar surface area (TPSA) is 95.1 Å². The molecule has 2 N–H and O–H groups in total. The highest BCUT2D eigenvalue weighted by Gasteiger charge is 2.35. The van der Waals surface area contributed by atoms with Crippen LogP contribution in [0.2, 0.25) is 0 Å². The fourth-order valence-electron chi connectivity index (χ4n) is 2.98. The summed E-state index contributed by atoms with van der Waals surface area (Å²) < 4.78 is 21.4. The zero-order chi connectivity index (χ0) is 20.1. The van der Waals surface area contributed by atoms with Gasteiger partial charge in [-0.3, -0.25) is 0 Å². The van der Waals surface area contributed by atoms with Gasteiger partial charge in [0.15, 0.2) is 11.5 Å². The van der Waals surface area contributed by atoms with Crippen molar-refractivity contribution in [1.29, 1.82) is 0 Å². The lowest BCUT2D eigenvalue weighted by molar-refractivity contribution is -0.136. The largest absolute Gasteiger partial charge is 0.493 e. The Labute approximate surface area is 158 Å². The molecule has 2 rings (SSSR count). The van der Waals surface area contributed by atoms with Crippen molar-refractivity contribution in [1.82, 2.24) is 10.6 Å². The van der Waals surface area contributed by atoms with Gasteiger partial charge < -0.3 is 29.6 Å². The number of carbonyl (C=O) groups excluding carboxylic acids is 2. The summed E-state index contributed by atoms with van der Waals surface area (Å²) in [6, 6.07) is 2.31. The summed E-state index contributed by atoms with van der Waals surface area (Å²) in [6.07, 6.45) is 0. The fraction of sp³-hybridized carbons (Fsp3) is 0.474. The molecule has 0 fully saturated rings. The maximum absolute atomic E-state index is 12.5. The lowest BCUT2D eigenvalue weighted by Gasteiger charge is -2.31. The lowest BCUT2D eigenvalue weighted by atomic mass is 9.91. The minimum absolute atomic E-state index is 0.0841. The van der Waals surface area contributed by atoms with Crippen molar-refractivity contribution in [2.24, 2.45) is 5.92 Å². The van der Waals surface area contributed by atoms with E-state index in [1.807, 2.05) is 20.8 Å². The zero-order valence-corrected chi connectivity index (χ0v) is 16.5. The second-order valence-electron chi connectivity index (χ2n) is 6.19. The van der Waals surface area contributed by atoms with E-state index >= 15 is 0 Å². The van der Waals surface area contributed by atoms with E-state index in [1.165, 1.54) is 21.3 Å². The summed E-state index contributed by atoms with van der Waals surface area (Å²) in [4.78, 5) is 24.7. The lowest BCUT2D eigenvalue weighted by Crippen LogP contribution is -2.47. The number of ether oxygens (including phenoxy) is 4. The average molecular weight is 378 g/mol. The molecule has 1 heterocycles. The quantitative estimate of drug-likeness (QED) is 0.708. The van der Waals surface area contributed by atoms with Crippen LogP contribution in [0.15, 0.2) is 23.4 Å². The molecule has 148 valence electrons. The first-order valence-electron chi connectivity index (χ1n) is 8.66. The number of amides is 2. The molecule has 1 aliphatic heterocycles. The van der Waals surface area contributed by atoms with Gasteiger partial charge in [-0.05, 0) is 30.5 Å². The van der Waals surface area contributed by atoms with Crippen LogP contribution in [-0.2, 0) is 9.53 Å². The Bertz CT molecular complexity index is 732. The molecule has 1 atom stereocenters. The maximum Gasteiger partial charge on any atom is 0.337 e. The number of hydrogen-bond acceptors (Lipinski definition) is 6. The minimum Gasteiger partial charge on any atom is -0.493 e. The van der Waals surface area contributed by atoms with E-state index in [0.717, 1.165) is 0 Å². The number of esters is 1. The van der Waals surface area contributed by atoms with Crippen LogP contribution < -0.4 is 24.8 Å². The maximum atomic E-state index is 12.5. The number of nitrogens with one attached hydrogen (secondary N) is 2. The Hall–Kier alpha value is -2.90. The highest BCUT2D eigenvalue weighted by molar-refractivity contribution is 5.95. The molecular formula is C19H26N2O6. The van der Waals surface area contributed by atoms with Crippen molar-refractivity contribution in [3.8, 4) is 17.2 Å². The van der Waals surface area contributed by atoms with E-state index in [2.05, 4.69) is 10.6 Å². The smallest absolute Gasteiger partial charge is 0.337 e. The van der Waals surface area contributed by atoms with Crippen molar-refractivity contribution < 1.29 is 28.5 Å². The minimum atomic E-state index is -0.720. The Kier molecular flexibility index (Phi) is 6.55. The number of methoxy groups -OCH3 is 3. The fourth-order valence-corrected chi connectivity index (χ4v) is 2.98. The summed E-state index contributed by atoms with van der Waals surface area (Å²) in [6.45, 7) is 6.06. The van der Waals surface area contributed by atoms with Crippen molar-refractivity contribution in [2.75, 3.05) is 27.9 Å². The molecule has 8 nitrogen and oxygen atoms in total. The number of hydrogen-bond donors (Lipinski definition) is 2. The van der Waals surface area contributed by atoms with E-state index in [-0.39, 0.29) is 5.92 Å². The third-order valence-electron chi connectivity index (χ3n) is 4.19. The highest BCUT2D eigenvalue weighted by Crippen LogP contribution is 2.42. The van der Waals surface area contributed by atoms with Gasteiger partial charge in [0.2, 0.25) is 5.75 Å². The summed E-state index contributed by atoms with van der Waals surface area (Å²) in [5.74, 6) is 0.727. The first-order chi connectivity index (χ1) is 12.9. The number of carbonyl (C=O) groups is 2. The molecule has 1 aliphatic rings. The third kappa shape index (κ3) is 4.10. The number of urea groups is 1. The van der Waals surface area contributed by atoms with Crippen molar-refractivity contribution in [3.63, 3.8) is 0 Å². The van der Waals surface area contributed by atoms with Gasteiger partial charge in [-0.1, -0.05) is 13.8 Å². The van der Waals surface area contributed by atoms with Gasteiger partial charge in [-0.2, -0.15) is 0 Å². The van der Waals surface area contributed by atoms with Gasteiger partial charge in [0.25, 0.3) is 0 Å². The van der Waals surface area contributed by atoms with Crippen molar-refractivity contribution >= 4 is 12.0 Å². The summed E-state index contributed by atoms with van der Waals surface area (Å²) in [5, 5.41) is 5.49. The van der Waals surface area contributed by atoms with E-state index in [4.69, 9.17) is 18.9 Å². The predicted octanol–water partition coefficient (Wildman–Crippen LogP) is 2.54. The predicted molar refractivity (Wildman–Crippen MR) is 99.0 cm³/mol. The Morgan fingerprint density at radius 1 is 1.15 bits per heavy atom. The first kappa shape index (κ1) is 20.4. The second-order valence-corrected chi connectivity index (χ2v) is 6.19. The number of rotatable bonds is 7. The molecule has 2 amide bonds. The van der Waals surface area contributed by atoms with E-state index in [9.17, 15) is 9.59 Å². The molecular weight excluding hydrogens is 352 g/mol. The molecule has 0 saturated heterocycles. The van der Waals surface area contributed by atoms with Gasteiger partial charge in [-0.25, -0.2) is 9.59 Å². The molecule has 0 spiro atoms. The SMILES string of the molecule is CCOc1c(OC)cc(C2NC(=O)NC(C(C)C)=C2C(=O)OC)cc1OC. The summed E-state index contributed by atoms with van der Waals surface area (Å²) in [5.41, 5.74) is 1.46. The van der Waals surface area contributed by atoms with Gasteiger partial charge in [0, 0.05) is 5.70 Å². The van der Waals surface area contributed by atoms with Crippen LogP contribution >= 0.6 is 0 Å². The van der Waals surface area contributed by atoms with Gasteiger partial charge >= 0.3 is 12.0 Å². The van der Waals surface area contributed by atoms with Crippen molar-refractivity contribution in [3.05, 3.63) is 29.0 Å². The monoisotopic (exact) mass is 378 g/mol. The average Bonchev–Trinajstić information content (AvgIpc) is 2.66. The molecule has 27 heavy (non-hydrogen) atoms. The van der Waals surface area contributed by atoms with Crippen LogP contribution in [0.4, 0.5) is 4.79 Å². The Morgan fingerprint density at radius 3 is 2.19 bits per heavy atom. The van der Waals surface area contributed by atoms with Crippen LogP contribution in [0.25, 0.3) is 0 Å². The zero-order valence-electron chi connectivity index (χ0n) is 16.5. The molecule has 1 unspecified atom stereocenters. The number of allylic oxidation sites excluding steroid dienone is 1. The highest BCUT2D eigenvalue weighted by atomic mass is 16.5. The molecule has 0 radical (unpaired) electrons. The van der Waals surface area contributed by atoms with Crippen LogP contribution in [0.5, 0.6) is 17.2 Å². The molecule has 0 aromatic heterocycles. The molecule has 0 saturated carbocycles. The van der Waals surface area contributed by atoms with Gasteiger partial charge in [-0.15, -0.1) is 0 Å². The van der Waals surface area contributed by atoms with Crippen molar-refractivity contribution in [2.45, 2.75) is 26.8 Å². The second kappa shape index (κ2) is 8.66.